The number of carbonyl (C=O) groups is 1. The third kappa shape index (κ3) is 3.18. The molecule has 2 aliphatic rings. The van der Waals surface area contributed by atoms with Crippen LogP contribution >= 0.6 is 0 Å². The zero-order chi connectivity index (χ0) is 16.4. The molecule has 0 aromatic carbocycles. The Morgan fingerprint density at radius 2 is 2.22 bits per heavy atom. The fourth-order valence-electron chi connectivity index (χ4n) is 4.52. The SMILES string of the molecule is CCCc1occc1C(=O)N1CCC[C@@H]1[C@@H]1CCCC[C@]1(C)O. The molecule has 1 saturated heterocycles. The lowest BCUT2D eigenvalue weighted by molar-refractivity contribution is -0.0577. The lowest BCUT2D eigenvalue weighted by Crippen LogP contribution is -2.50. The molecule has 4 nitrogen and oxygen atoms in total. The fraction of sp³-hybridized carbons (Fsp3) is 0.737. The summed E-state index contributed by atoms with van der Waals surface area (Å²) in [6.45, 7) is 4.85. The van der Waals surface area contributed by atoms with Crippen molar-refractivity contribution in [1.82, 2.24) is 4.90 Å². The lowest BCUT2D eigenvalue weighted by Gasteiger charge is -2.43. The number of rotatable bonds is 4. The topological polar surface area (TPSA) is 53.7 Å². The molecule has 1 aliphatic carbocycles. The molecule has 0 unspecified atom stereocenters. The Morgan fingerprint density at radius 1 is 1.39 bits per heavy atom. The van der Waals surface area contributed by atoms with E-state index in [0.717, 1.165) is 63.7 Å². The van der Waals surface area contributed by atoms with Gasteiger partial charge in [0.05, 0.1) is 17.4 Å². The Bertz CT molecular complexity index is 549. The summed E-state index contributed by atoms with van der Waals surface area (Å²) in [6.07, 6.45) is 9.55. The van der Waals surface area contributed by atoms with E-state index in [1.165, 1.54) is 0 Å². The monoisotopic (exact) mass is 319 g/mol. The van der Waals surface area contributed by atoms with Crippen LogP contribution in [0.2, 0.25) is 0 Å². The van der Waals surface area contributed by atoms with Crippen molar-refractivity contribution in [1.29, 1.82) is 0 Å². The van der Waals surface area contributed by atoms with Crippen LogP contribution in [0, 0.1) is 5.92 Å². The van der Waals surface area contributed by atoms with Gasteiger partial charge in [0, 0.05) is 24.9 Å². The maximum absolute atomic E-state index is 13.1. The smallest absolute Gasteiger partial charge is 0.257 e. The van der Waals surface area contributed by atoms with Gasteiger partial charge in [0.25, 0.3) is 5.91 Å². The van der Waals surface area contributed by atoms with Gasteiger partial charge in [-0.3, -0.25) is 4.79 Å². The molecular weight excluding hydrogens is 290 g/mol. The van der Waals surface area contributed by atoms with E-state index in [2.05, 4.69) is 6.92 Å². The zero-order valence-corrected chi connectivity index (χ0v) is 14.4. The number of hydrogen-bond acceptors (Lipinski definition) is 3. The highest BCUT2D eigenvalue weighted by Gasteiger charge is 2.45. The Labute approximate surface area is 138 Å². The van der Waals surface area contributed by atoms with Gasteiger partial charge in [0.15, 0.2) is 0 Å². The Balaban J connectivity index is 1.81. The molecule has 1 N–H and O–H groups in total. The highest BCUT2D eigenvalue weighted by molar-refractivity contribution is 5.95. The summed E-state index contributed by atoms with van der Waals surface area (Å²) in [5.74, 6) is 1.09. The van der Waals surface area contributed by atoms with Gasteiger partial charge in [0.2, 0.25) is 0 Å². The molecule has 0 bridgehead atoms. The summed E-state index contributed by atoms with van der Waals surface area (Å²) in [6, 6.07) is 1.98. The molecule has 23 heavy (non-hydrogen) atoms. The van der Waals surface area contributed by atoms with Crippen LogP contribution in [0.4, 0.5) is 0 Å². The van der Waals surface area contributed by atoms with Crippen LogP contribution in [0.3, 0.4) is 0 Å². The van der Waals surface area contributed by atoms with Crippen LogP contribution in [0.1, 0.15) is 74.9 Å². The van der Waals surface area contributed by atoms with Crippen molar-refractivity contribution in [2.45, 2.75) is 76.9 Å². The second-order valence-corrected chi connectivity index (χ2v) is 7.43. The summed E-state index contributed by atoms with van der Waals surface area (Å²) in [7, 11) is 0. The highest BCUT2D eigenvalue weighted by Crippen LogP contribution is 2.41. The largest absolute Gasteiger partial charge is 0.469 e. The first kappa shape index (κ1) is 16.6. The van der Waals surface area contributed by atoms with Gasteiger partial charge in [-0.1, -0.05) is 19.8 Å². The van der Waals surface area contributed by atoms with Crippen molar-refractivity contribution in [3.05, 3.63) is 23.7 Å². The fourth-order valence-corrected chi connectivity index (χ4v) is 4.52. The molecule has 0 radical (unpaired) electrons. The number of likely N-dealkylation sites (tertiary alicyclic amines) is 1. The maximum atomic E-state index is 13.1. The minimum Gasteiger partial charge on any atom is -0.469 e. The van der Waals surface area contributed by atoms with E-state index in [1.54, 1.807) is 6.26 Å². The second-order valence-electron chi connectivity index (χ2n) is 7.43. The lowest BCUT2D eigenvalue weighted by atomic mass is 9.72. The van der Waals surface area contributed by atoms with Crippen molar-refractivity contribution in [2.75, 3.05) is 6.54 Å². The molecule has 1 aromatic rings. The average Bonchev–Trinajstić information content (AvgIpc) is 3.15. The summed E-state index contributed by atoms with van der Waals surface area (Å²) in [5, 5.41) is 10.8. The maximum Gasteiger partial charge on any atom is 0.257 e. The van der Waals surface area contributed by atoms with Gasteiger partial charge < -0.3 is 14.4 Å². The van der Waals surface area contributed by atoms with Gasteiger partial charge in [-0.15, -0.1) is 0 Å². The third-order valence-electron chi connectivity index (χ3n) is 5.72. The molecule has 3 atom stereocenters. The van der Waals surface area contributed by atoms with Crippen molar-refractivity contribution in [2.24, 2.45) is 5.92 Å². The first-order valence-electron chi connectivity index (χ1n) is 9.14. The van der Waals surface area contributed by atoms with Crippen LogP contribution in [0.25, 0.3) is 0 Å². The van der Waals surface area contributed by atoms with E-state index in [9.17, 15) is 9.90 Å². The molecule has 0 spiro atoms. The molecular formula is C19H29NO3. The first-order valence-corrected chi connectivity index (χ1v) is 9.14. The van der Waals surface area contributed by atoms with Gasteiger partial charge >= 0.3 is 0 Å². The molecule has 2 heterocycles. The minimum absolute atomic E-state index is 0.0890. The van der Waals surface area contributed by atoms with Crippen LogP contribution in [-0.4, -0.2) is 34.1 Å². The summed E-state index contributed by atoms with van der Waals surface area (Å²) in [4.78, 5) is 15.1. The van der Waals surface area contributed by atoms with Gasteiger partial charge in [-0.05, 0) is 45.1 Å². The second kappa shape index (κ2) is 6.68. The van der Waals surface area contributed by atoms with Crippen LogP contribution in [0.5, 0.6) is 0 Å². The predicted molar refractivity (Wildman–Crippen MR) is 89.3 cm³/mol. The first-order chi connectivity index (χ1) is 11.0. The Hall–Kier alpha value is -1.29. The quantitative estimate of drug-likeness (QED) is 0.919. The number of amides is 1. The molecule has 1 aromatic heterocycles. The van der Waals surface area contributed by atoms with Crippen LogP contribution in [-0.2, 0) is 6.42 Å². The molecule has 128 valence electrons. The Morgan fingerprint density at radius 3 is 2.96 bits per heavy atom. The van der Waals surface area contributed by atoms with Gasteiger partial charge in [-0.2, -0.15) is 0 Å². The van der Waals surface area contributed by atoms with E-state index < -0.39 is 5.60 Å². The van der Waals surface area contributed by atoms with Crippen molar-refractivity contribution in [3.8, 4) is 0 Å². The zero-order valence-electron chi connectivity index (χ0n) is 14.4. The number of furan rings is 1. The minimum atomic E-state index is -0.644. The van der Waals surface area contributed by atoms with Crippen LogP contribution in [0.15, 0.2) is 16.7 Å². The molecule has 1 aliphatic heterocycles. The molecule has 3 rings (SSSR count). The van der Waals surface area contributed by atoms with Crippen molar-refractivity contribution >= 4 is 5.91 Å². The van der Waals surface area contributed by atoms with E-state index in [4.69, 9.17) is 4.42 Å². The van der Waals surface area contributed by atoms with E-state index in [-0.39, 0.29) is 17.9 Å². The average molecular weight is 319 g/mol. The van der Waals surface area contributed by atoms with Crippen LogP contribution < -0.4 is 0 Å². The van der Waals surface area contributed by atoms with Crippen molar-refractivity contribution in [3.63, 3.8) is 0 Å². The van der Waals surface area contributed by atoms with E-state index in [1.807, 2.05) is 17.9 Å². The third-order valence-corrected chi connectivity index (χ3v) is 5.72. The number of nitrogens with zero attached hydrogens (tertiary/aromatic N) is 1. The summed E-state index contributed by atoms with van der Waals surface area (Å²) < 4.78 is 5.51. The Kier molecular flexibility index (Phi) is 4.81. The number of carbonyl (C=O) groups excluding carboxylic acids is 1. The van der Waals surface area contributed by atoms with Gasteiger partial charge in [-0.25, -0.2) is 0 Å². The number of aryl methyl sites for hydroxylation is 1. The number of aliphatic hydroxyl groups is 1. The summed E-state index contributed by atoms with van der Waals surface area (Å²) in [5.41, 5.74) is 0.0724. The molecule has 1 amide bonds. The normalized spacial score (nSPS) is 31.5. The van der Waals surface area contributed by atoms with E-state index >= 15 is 0 Å². The molecule has 2 fully saturated rings. The standard InChI is InChI=1S/C19H29NO3/c1-3-7-17-14(10-13-23-17)18(21)20-12-6-9-16(20)15-8-4-5-11-19(15,2)22/h10,13,15-16,22H,3-9,11-12H2,1-2H3/t15-,16+,19-/m0/s1. The predicted octanol–water partition coefficient (Wildman–Crippen LogP) is 3.78. The molecule has 4 heteroatoms. The number of hydrogen-bond donors (Lipinski definition) is 1. The highest BCUT2D eigenvalue weighted by atomic mass is 16.3. The summed E-state index contributed by atoms with van der Waals surface area (Å²) >= 11 is 0. The molecule has 1 saturated carbocycles. The van der Waals surface area contributed by atoms with Crippen molar-refractivity contribution < 1.29 is 14.3 Å². The van der Waals surface area contributed by atoms with Gasteiger partial charge in [0.1, 0.15) is 5.76 Å². The van der Waals surface area contributed by atoms with E-state index in [0.29, 0.717) is 5.56 Å².